The van der Waals surface area contributed by atoms with Gasteiger partial charge in [-0.25, -0.2) is 8.78 Å². The van der Waals surface area contributed by atoms with E-state index in [1.165, 1.54) is 0 Å². The van der Waals surface area contributed by atoms with Crippen molar-refractivity contribution in [2.45, 2.75) is 63.4 Å². The first kappa shape index (κ1) is 25.8. The molecule has 0 aromatic heterocycles. The molecule has 3 nitrogen and oxygen atoms in total. The van der Waals surface area contributed by atoms with Crippen LogP contribution in [0.5, 0.6) is 11.5 Å². The number of fused-ring (bicyclic) bond motifs is 1. The Labute approximate surface area is 215 Å². The molecule has 3 aliphatic rings. The number of aryl methyl sites for hydroxylation is 1. The number of allylic oxidation sites excluding steroid dienone is 3. The fraction of sp³-hybridized carbons (Fsp3) is 0.467. The van der Waals surface area contributed by atoms with Gasteiger partial charge in [0.2, 0.25) is 0 Å². The molecule has 1 heterocycles. The molecule has 0 spiro atoms. The average Bonchev–Trinajstić information content (AvgIpc) is 3.26. The Balaban J connectivity index is 1.45. The first-order valence-electron chi connectivity index (χ1n) is 13.2. The molecular formula is C30H33F4NO2. The first-order valence-corrected chi connectivity index (χ1v) is 13.2. The van der Waals surface area contributed by atoms with Gasteiger partial charge >= 0.3 is 0 Å². The van der Waals surface area contributed by atoms with Gasteiger partial charge in [0.25, 0.3) is 5.92 Å². The van der Waals surface area contributed by atoms with E-state index in [2.05, 4.69) is 9.84 Å². The van der Waals surface area contributed by atoms with Crippen molar-refractivity contribution in [2.24, 2.45) is 0 Å². The predicted molar refractivity (Wildman–Crippen MR) is 137 cm³/mol. The highest BCUT2D eigenvalue weighted by Crippen LogP contribution is 2.43. The molecule has 7 heteroatoms. The van der Waals surface area contributed by atoms with Crippen LogP contribution in [0.4, 0.5) is 17.7 Å². The molecule has 0 saturated carbocycles. The van der Waals surface area contributed by atoms with Gasteiger partial charge in [0.1, 0.15) is 11.9 Å². The predicted octanol–water partition coefficient (Wildman–Crippen LogP) is 7.65. The maximum atomic E-state index is 13.9. The number of alkyl halides is 3. The van der Waals surface area contributed by atoms with Gasteiger partial charge in [0, 0.05) is 37.0 Å². The summed E-state index contributed by atoms with van der Waals surface area (Å²) in [5, 5.41) is 0. The third kappa shape index (κ3) is 6.03. The second-order valence-electron chi connectivity index (χ2n) is 10.3. The van der Waals surface area contributed by atoms with Crippen LogP contribution >= 0.6 is 0 Å². The molecule has 37 heavy (non-hydrogen) atoms. The van der Waals surface area contributed by atoms with E-state index in [1.54, 1.807) is 18.2 Å². The molecular weight excluding hydrogens is 482 g/mol. The van der Waals surface area contributed by atoms with Gasteiger partial charge < -0.3 is 4.74 Å². The number of likely N-dealkylation sites (tertiary alicyclic amines) is 1. The Morgan fingerprint density at radius 2 is 1.81 bits per heavy atom. The Morgan fingerprint density at radius 1 is 1.00 bits per heavy atom. The molecule has 1 fully saturated rings. The molecule has 0 unspecified atom stereocenters. The van der Waals surface area contributed by atoms with Crippen LogP contribution in [-0.2, 0) is 6.42 Å². The summed E-state index contributed by atoms with van der Waals surface area (Å²) in [6.45, 7) is 2.16. The van der Waals surface area contributed by atoms with E-state index in [9.17, 15) is 17.7 Å². The molecule has 0 radical (unpaired) electrons. The maximum absolute atomic E-state index is 13.9. The summed E-state index contributed by atoms with van der Waals surface area (Å²) < 4.78 is 59.5. The summed E-state index contributed by atoms with van der Waals surface area (Å²) in [7, 11) is 0. The highest BCUT2D eigenvalue weighted by Gasteiger charge is 2.33. The van der Waals surface area contributed by atoms with Crippen LogP contribution in [0, 0.1) is 0 Å². The van der Waals surface area contributed by atoms with E-state index >= 15 is 0 Å². The lowest BCUT2D eigenvalue weighted by Gasteiger charge is -2.25. The summed E-state index contributed by atoms with van der Waals surface area (Å²) in [5.74, 6) is -1.71. The SMILES string of the molecule is FCCCN1CC[C@H](Oc2ccc(C3=C(C4=CCC(F)(F)CC4)CCCc4cc(OF)ccc43)cc2)C1. The fourth-order valence-electron chi connectivity index (χ4n) is 5.80. The highest BCUT2D eigenvalue weighted by atomic mass is 19.3. The summed E-state index contributed by atoms with van der Waals surface area (Å²) in [6, 6.07) is 13.2. The molecule has 0 amide bonds. The number of halogens is 4. The van der Waals surface area contributed by atoms with Crippen molar-refractivity contribution in [2.75, 3.05) is 26.3 Å². The van der Waals surface area contributed by atoms with Gasteiger partial charge in [-0.1, -0.05) is 24.3 Å². The van der Waals surface area contributed by atoms with Crippen molar-refractivity contribution in [3.8, 4) is 11.5 Å². The molecule has 2 aliphatic carbocycles. The molecule has 2 aromatic rings. The fourth-order valence-corrected chi connectivity index (χ4v) is 5.80. The molecule has 0 N–H and O–H groups in total. The highest BCUT2D eigenvalue weighted by molar-refractivity contribution is 5.87. The molecule has 1 aliphatic heterocycles. The van der Waals surface area contributed by atoms with Crippen LogP contribution in [0.25, 0.3) is 5.57 Å². The largest absolute Gasteiger partial charge is 0.489 e. The zero-order valence-corrected chi connectivity index (χ0v) is 21.0. The lowest BCUT2D eigenvalue weighted by molar-refractivity contribution is -0.00837. The van der Waals surface area contributed by atoms with E-state index < -0.39 is 5.92 Å². The second-order valence-corrected chi connectivity index (χ2v) is 10.3. The van der Waals surface area contributed by atoms with Gasteiger partial charge in [-0.05, 0) is 96.2 Å². The van der Waals surface area contributed by atoms with Crippen LogP contribution in [0.15, 0.2) is 59.7 Å². The van der Waals surface area contributed by atoms with Crippen LogP contribution in [-0.4, -0.2) is 43.2 Å². The molecule has 5 rings (SSSR count). The van der Waals surface area contributed by atoms with Gasteiger partial charge in [0.15, 0.2) is 5.75 Å². The molecule has 198 valence electrons. The zero-order valence-electron chi connectivity index (χ0n) is 21.0. The lowest BCUT2D eigenvalue weighted by atomic mass is 9.83. The normalized spacial score (nSPS) is 21.8. The topological polar surface area (TPSA) is 21.7 Å². The number of rotatable bonds is 8. The number of nitrogens with zero attached hydrogens (tertiary/aromatic N) is 1. The van der Waals surface area contributed by atoms with Gasteiger partial charge in [-0.2, -0.15) is 0 Å². The number of hydrogen-bond donors (Lipinski definition) is 0. The summed E-state index contributed by atoms with van der Waals surface area (Å²) in [4.78, 5) is 6.22. The van der Waals surface area contributed by atoms with Crippen molar-refractivity contribution in [1.29, 1.82) is 0 Å². The number of hydrogen-bond acceptors (Lipinski definition) is 3. The standard InChI is InChI=1S/C30H33F4NO2/c31-16-2-17-35-18-13-26(20-35)36-24-7-5-22(6-8-24)29-27(21-11-14-30(32,33)15-12-21)4-1-3-23-19-25(37-34)9-10-28(23)29/h5-11,19,26H,1-4,12-18,20H2/t26-/m0/s1. The third-order valence-electron chi connectivity index (χ3n) is 7.69. The van der Waals surface area contributed by atoms with Crippen LogP contribution < -0.4 is 9.68 Å². The Morgan fingerprint density at radius 3 is 2.54 bits per heavy atom. The minimum absolute atomic E-state index is 0.0760. The monoisotopic (exact) mass is 515 g/mol. The van der Waals surface area contributed by atoms with Gasteiger partial charge in [-0.3, -0.25) is 14.2 Å². The van der Waals surface area contributed by atoms with E-state index in [-0.39, 0.29) is 31.4 Å². The minimum Gasteiger partial charge on any atom is -0.489 e. The smallest absolute Gasteiger partial charge is 0.251 e. The van der Waals surface area contributed by atoms with Crippen LogP contribution in [0.3, 0.4) is 0 Å². The Hall–Kier alpha value is -2.80. The van der Waals surface area contributed by atoms with Crippen molar-refractivity contribution in [3.63, 3.8) is 0 Å². The quantitative estimate of drug-likeness (QED) is 0.337. The molecule has 2 aromatic carbocycles. The van der Waals surface area contributed by atoms with E-state index in [0.29, 0.717) is 12.8 Å². The van der Waals surface area contributed by atoms with Gasteiger partial charge in [0.05, 0.1) is 6.67 Å². The molecule has 0 bridgehead atoms. The van der Waals surface area contributed by atoms with Crippen LogP contribution in [0.1, 0.15) is 61.6 Å². The van der Waals surface area contributed by atoms with Crippen molar-refractivity contribution in [3.05, 3.63) is 76.4 Å². The number of benzene rings is 2. The summed E-state index contributed by atoms with van der Waals surface area (Å²) >= 11 is 0. The average molecular weight is 516 g/mol. The third-order valence-corrected chi connectivity index (χ3v) is 7.69. The number of ether oxygens (including phenoxy) is 1. The Bertz CT molecular complexity index is 1160. The molecule has 1 saturated heterocycles. The maximum Gasteiger partial charge on any atom is 0.251 e. The Kier molecular flexibility index (Phi) is 7.89. The summed E-state index contributed by atoms with van der Waals surface area (Å²) in [6.07, 6.45) is 5.56. The van der Waals surface area contributed by atoms with Crippen LogP contribution in [0.2, 0.25) is 0 Å². The van der Waals surface area contributed by atoms with Crippen molar-refractivity contribution in [1.82, 2.24) is 4.90 Å². The van der Waals surface area contributed by atoms with Gasteiger partial charge in [-0.15, -0.1) is 0 Å². The van der Waals surface area contributed by atoms with E-state index in [1.807, 2.05) is 30.3 Å². The second kappa shape index (κ2) is 11.3. The van der Waals surface area contributed by atoms with E-state index in [0.717, 1.165) is 84.5 Å². The first-order chi connectivity index (χ1) is 18.0. The summed E-state index contributed by atoms with van der Waals surface area (Å²) in [5.41, 5.74) is 6.05. The van der Waals surface area contributed by atoms with Crippen molar-refractivity contribution >= 4 is 5.57 Å². The van der Waals surface area contributed by atoms with Crippen molar-refractivity contribution < 1.29 is 27.4 Å². The minimum atomic E-state index is -2.65. The lowest BCUT2D eigenvalue weighted by Crippen LogP contribution is -2.26. The molecule has 1 atom stereocenters. The van der Waals surface area contributed by atoms with E-state index in [4.69, 9.17) is 4.74 Å². The zero-order chi connectivity index (χ0) is 25.8.